The summed E-state index contributed by atoms with van der Waals surface area (Å²) in [7, 11) is 0. The first-order valence-corrected chi connectivity index (χ1v) is 14.6. The number of hydrogen-bond donors (Lipinski definition) is 2. The van der Waals surface area contributed by atoms with Gasteiger partial charge in [-0.15, -0.1) is 0 Å². The van der Waals surface area contributed by atoms with Crippen LogP contribution >= 0.6 is 0 Å². The molecule has 4 atom stereocenters. The summed E-state index contributed by atoms with van der Waals surface area (Å²) in [6.45, 7) is 2.98. The number of carbonyl (C=O) groups excluding carboxylic acids is 2. The highest BCUT2D eigenvalue weighted by Crippen LogP contribution is 2.53. The number of nitrogens with zero attached hydrogens (tertiary/aromatic N) is 2. The van der Waals surface area contributed by atoms with Gasteiger partial charge in [-0.05, 0) is 75.4 Å². The Morgan fingerprint density at radius 3 is 2.36 bits per heavy atom. The molecule has 0 bridgehead atoms. The number of likely N-dealkylation sites (tertiary alicyclic amines) is 2. The number of rotatable bonds is 8. The van der Waals surface area contributed by atoms with Crippen LogP contribution < -0.4 is 10.5 Å². The van der Waals surface area contributed by atoms with Gasteiger partial charge in [0.25, 0.3) is 5.91 Å². The van der Waals surface area contributed by atoms with Gasteiger partial charge in [-0.25, -0.2) is 4.39 Å². The standard InChI is InChI=1S/C31H39F4N3O4/c1-28(26(36)40)17-23(39)18-38(28)27(41)30(32)14-3-2-5-25(30)22-6-8-24(9-7-22)42-19-21-10-15-37(16-11-21)20-29(12-4-13-29)31(33,34)35/h2-3,5-9,14,21,23,25,39H,4,10-13,15-20H2,1H3,(H2,36,40)/t23-,25?,28+,30?/m1/s1. The molecule has 3 fully saturated rings. The van der Waals surface area contributed by atoms with Crippen molar-refractivity contribution in [2.45, 2.75) is 74.9 Å². The van der Waals surface area contributed by atoms with E-state index >= 15 is 4.39 Å². The first-order valence-electron chi connectivity index (χ1n) is 14.6. The second-order valence-electron chi connectivity index (χ2n) is 12.6. The summed E-state index contributed by atoms with van der Waals surface area (Å²) in [4.78, 5) is 28.7. The Bertz CT molecular complexity index is 1220. The van der Waals surface area contributed by atoms with Crippen LogP contribution in [0.4, 0.5) is 17.6 Å². The van der Waals surface area contributed by atoms with Crippen LogP contribution in [-0.2, 0) is 9.59 Å². The lowest BCUT2D eigenvalue weighted by Crippen LogP contribution is -2.59. The molecule has 2 saturated heterocycles. The number of aliphatic hydroxyl groups is 1. The summed E-state index contributed by atoms with van der Waals surface area (Å²) in [5, 5.41) is 10.2. The average Bonchev–Trinajstić information content (AvgIpc) is 3.24. The lowest BCUT2D eigenvalue weighted by Gasteiger charge is -2.47. The highest BCUT2D eigenvalue weighted by atomic mass is 19.4. The van der Waals surface area contributed by atoms with Crippen LogP contribution in [-0.4, -0.2) is 83.0 Å². The highest BCUT2D eigenvalue weighted by molar-refractivity contribution is 5.96. The number of halogens is 4. The highest BCUT2D eigenvalue weighted by Gasteiger charge is 2.59. The van der Waals surface area contributed by atoms with E-state index in [2.05, 4.69) is 0 Å². The number of ether oxygens (including phenoxy) is 1. The van der Waals surface area contributed by atoms with Gasteiger partial charge >= 0.3 is 6.18 Å². The maximum atomic E-state index is 16.6. The zero-order valence-corrected chi connectivity index (χ0v) is 23.8. The van der Waals surface area contributed by atoms with Crippen molar-refractivity contribution < 1.29 is 37.0 Å². The van der Waals surface area contributed by atoms with E-state index in [1.165, 1.54) is 19.1 Å². The summed E-state index contributed by atoms with van der Waals surface area (Å²) >= 11 is 0. The Balaban J connectivity index is 1.18. The number of piperidine rings is 1. The number of aliphatic hydroxyl groups excluding tert-OH is 1. The number of benzene rings is 1. The number of β-amino-alcohol motifs (C(OH)–C–C–N with tert-alkyl or cyclic N) is 1. The molecule has 2 heterocycles. The molecule has 5 rings (SSSR count). The van der Waals surface area contributed by atoms with E-state index in [-0.39, 0.29) is 38.3 Å². The maximum Gasteiger partial charge on any atom is 0.395 e. The van der Waals surface area contributed by atoms with Gasteiger partial charge in [-0.3, -0.25) is 9.59 Å². The summed E-state index contributed by atoms with van der Waals surface area (Å²) in [5.41, 5.74) is 0.537. The number of carbonyl (C=O) groups is 2. The quantitative estimate of drug-likeness (QED) is 0.439. The van der Waals surface area contributed by atoms with Gasteiger partial charge in [0, 0.05) is 25.4 Å². The average molecular weight is 594 g/mol. The molecule has 42 heavy (non-hydrogen) atoms. The molecule has 11 heteroatoms. The topological polar surface area (TPSA) is 96.1 Å². The van der Waals surface area contributed by atoms with Crippen LogP contribution in [0.2, 0.25) is 0 Å². The zero-order chi connectivity index (χ0) is 30.3. The van der Waals surface area contributed by atoms with E-state index in [9.17, 15) is 27.9 Å². The predicted molar refractivity (Wildman–Crippen MR) is 148 cm³/mol. The molecule has 1 aromatic rings. The molecular formula is C31H39F4N3O4. The fraction of sp³-hybridized carbons (Fsp3) is 0.613. The Labute approximate surface area is 243 Å². The van der Waals surface area contributed by atoms with Gasteiger partial charge in [0.05, 0.1) is 18.1 Å². The van der Waals surface area contributed by atoms with Crippen LogP contribution in [0.3, 0.4) is 0 Å². The molecule has 230 valence electrons. The van der Waals surface area contributed by atoms with Crippen LogP contribution in [0.15, 0.2) is 48.6 Å². The van der Waals surface area contributed by atoms with Crippen LogP contribution in [0, 0.1) is 11.3 Å². The smallest absolute Gasteiger partial charge is 0.395 e. The first kappa shape index (κ1) is 30.5. The maximum absolute atomic E-state index is 16.6. The van der Waals surface area contributed by atoms with Crippen molar-refractivity contribution >= 4 is 11.8 Å². The van der Waals surface area contributed by atoms with E-state index in [4.69, 9.17) is 10.5 Å². The Morgan fingerprint density at radius 2 is 1.79 bits per heavy atom. The van der Waals surface area contributed by atoms with Gasteiger partial charge in [0.15, 0.2) is 0 Å². The minimum Gasteiger partial charge on any atom is -0.493 e. The van der Waals surface area contributed by atoms with Crippen molar-refractivity contribution in [3.05, 3.63) is 54.1 Å². The number of hydrogen-bond acceptors (Lipinski definition) is 5. The van der Waals surface area contributed by atoms with Gasteiger partial charge < -0.3 is 25.4 Å². The van der Waals surface area contributed by atoms with Gasteiger partial charge in [-0.1, -0.05) is 36.8 Å². The molecule has 0 radical (unpaired) electrons. The number of alkyl halides is 4. The second kappa shape index (κ2) is 11.3. The third-order valence-electron chi connectivity index (χ3n) is 9.80. The van der Waals surface area contributed by atoms with Crippen LogP contribution in [0.25, 0.3) is 0 Å². The summed E-state index contributed by atoms with van der Waals surface area (Å²) in [5.74, 6) is -1.92. The number of nitrogens with two attached hydrogens (primary N) is 1. The van der Waals surface area contributed by atoms with Gasteiger partial charge in [0.2, 0.25) is 11.6 Å². The van der Waals surface area contributed by atoms with Crippen molar-refractivity contribution in [1.82, 2.24) is 9.80 Å². The van der Waals surface area contributed by atoms with Crippen molar-refractivity contribution in [3.63, 3.8) is 0 Å². The van der Waals surface area contributed by atoms with Crippen molar-refractivity contribution in [2.24, 2.45) is 17.1 Å². The molecule has 1 aromatic carbocycles. The molecule has 0 aromatic heterocycles. The van der Waals surface area contributed by atoms with Gasteiger partial charge in [0.1, 0.15) is 11.3 Å². The fourth-order valence-electron chi connectivity index (χ4n) is 6.83. The largest absolute Gasteiger partial charge is 0.493 e. The number of primary amides is 1. The van der Waals surface area contributed by atoms with E-state index in [0.717, 1.165) is 17.7 Å². The molecule has 7 nitrogen and oxygen atoms in total. The molecular weight excluding hydrogens is 554 g/mol. The number of allylic oxidation sites excluding steroid dienone is 3. The van der Waals surface area contributed by atoms with E-state index in [1.807, 2.05) is 4.90 Å². The minimum atomic E-state index is -4.16. The second-order valence-corrected chi connectivity index (χ2v) is 12.6. The molecule has 2 aliphatic carbocycles. The normalized spacial score (nSPS) is 31.6. The monoisotopic (exact) mass is 593 g/mol. The predicted octanol–water partition coefficient (Wildman–Crippen LogP) is 4.27. The van der Waals surface area contributed by atoms with E-state index in [1.54, 1.807) is 36.4 Å². The lowest BCUT2D eigenvalue weighted by atomic mass is 9.67. The molecule has 1 saturated carbocycles. The molecule has 2 unspecified atom stereocenters. The Hall–Kier alpha value is -2.92. The van der Waals surface area contributed by atoms with E-state index < -0.39 is 46.6 Å². The van der Waals surface area contributed by atoms with Crippen molar-refractivity contribution in [3.8, 4) is 5.75 Å². The summed E-state index contributed by atoms with van der Waals surface area (Å²) < 4.78 is 63.2. The minimum absolute atomic E-state index is 0.0617. The van der Waals surface area contributed by atoms with Crippen molar-refractivity contribution in [1.29, 1.82) is 0 Å². The lowest BCUT2D eigenvalue weighted by molar-refractivity contribution is -0.256. The summed E-state index contributed by atoms with van der Waals surface area (Å²) in [6, 6.07) is 6.79. The Kier molecular flexibility index (Phi) is 8.21. The first-order chi connectivity index (χ1) is 19.8. The molecule has 4 aliphatic rings. The van der Waals surface area contributed by atoms with Gasteiger partial charge in [-0.2, -0.15) is 13.2 Å². The summed E-state index contributed by atoms with van der Waals surface area (Å²) in [6.07, 6.45) is 3.23. The number of amides is 2. The third kappa shape index (κ3) is 5.57. The fourth-order valence-corrected chi connectivity index (χ4v) is 6.83. The third-order valence-corrected chi connectivity index (χ3v) is 9.80. The van der Waals surface area contributed by atoms with Crippen LogP contribution in [0.1, 0.15) is 56.9 Å². The molecule has 3 N–H and O–H groups in total. The van der Waals surface area contributed by atoms with Crippen molar-refractivity contribution in [2.75, 3.05) is 32.8 Å². The molecule has 2 amide bonds. The molecule has 0 spiro atoms. The molecule has 2 aliphatic heterocycles. The van der Waals surface area contributed by atoms with Crippen LogP contribution in [0.5, 0.6) is 5.75 Å². The van der Waals surface area contributed by atoms with E-state index in [0.29, 0.717) is 37.4 Å². The zero-order valence-electron chi connectivity index (χ0n) is 23.8. The SMILES string of the molecule is C[C@@]1(C(N)=O)C[C@@H](O)CN1C(=O)C1(F)C=CC=CC1c1ccc(OCC2CCN(CC3(C(F)(F)F)CCC3)CC2)cc1. The Morgan fingerprint density at radius 1 is 1.12 bits per heavy atom.